The van der Waals surface area contributed by atoms with Gasteiger partial charge in [-0.15, -0.1) is 6.42 Å². The van der Waals surface area contributed by atoms with Gasteiger partial charge in [-0.2, -0.15) is 4.98 Å². The van der Waals surface area contributed by atoms with E-state index in [1.54, 1.807) is 48.3 Å². The van der Waals surface area contributed by atoms with E-state index in [1.165, 1.54) is 0 Å². The topological polar surface area (TPSA) is 150 Å². The standard InChI is InChI=1S/C23H22ClN5O7/c1-3-23(13-34-21(30)33-12-14-6-5-8-26-11-14)16(35-22(31)32-4-2)10-17(36-23)29-9-7-15-18(25)27-20(24)28-19(15)29/h1,5-9,11,16-17H,4,10,12-13H2,2H3,(H2,25,27,28)/t16-,17+,23+/m0/s1. The summed E-state index contributed by atoms with van der Waals surface area (Å²) in [7, 11) is 0. The van der Waals surface area contributed by atoms with Gasteiger partial charge in [-0.25, -0.2) is 14.6 Å². The van der Waals surface area contributed by atoms with Crippen LogP contribution in [-0.4, -0.2) is 56.7 Å². The molecule has 3 aromatic rings. The second-order valence-electron chi connectivity index (χ2n) is 7.66. The molecule has 0 amide bonds. The van der Waals surface area contributed by atoms with Crippen LogP contribution < -0.4 is 5.73 Å². The number of rotatable bonds is 7. The van der Waals surface area contributed by atoms with E-state index in [2.05, 4.69) is 20.9 Å². The fourth-order valence-corrected chi connectivity index (χ4v) is 3.88. The Morgan fingerprint density at radius 3 is 2.86 bits per heavy atom. The molecule has 13 heteroatoms. The molecule has 0 radical (unpaired) electrons. The SMILES string of the molecule is C#C[C@]1(COC(=O)OCc2cccnc2)O[C@@H](n2ccc3c(N)nc(Cl)nc32)C[C@@H]1OC(=O)OCC. The lowest BCUT2D eigenvalue weighted by Crippen LogP contribution is -2.45. The minimum atomic E-state index is -1.65. The molecular weight excluding hydrogens is 494 g/mol. The number of anilines is 1. The van der Waals surface area contributed by atoms with Crippen LogP contribution in [0.1, 0.15) is 25.1 Å². The van der Waals surface area contributed by atoms with Crippen molar-refractivity contribution in [2.75, 3.05) is 18.9 Å². The molecule has 12 nitrogen and oxygen atoms in total. The number of fused-ring (bicyclic) bond motifs is 1. The average Bonchev–Trinajstić information content (AvgIpc) is 3.44. The van der Waals surface area contributed by atoms with E-state index in [4.69, 9.17) is 47.4 Å². The Bertz CT molecular complexity index is 1300. The lowest BCUT2D eigenvalue weighted by Gasteiger charge is -2.28. The molecule has 0 aliphatic carbocycles. The van der Waals surface area contributed by atoms with Gasteiger partial charge < -0.3 is 34.0 Å². The molecule has 0 saturated carbocycles. The smallest absolute Gasteiger partial charge is 0.435 e. The number of carbonyl (C=O) groups is 2. The number of carbonyl (C=O) groups excluding carboxylic acids is 2. The summed E-state index contributed by atoms with van der Waals surface area (Å²) in [6.07, 6.45) is 6.95. The molecule has 3 aromatic heterocycles. The molecule has 2 N–H and O–H groups in total. The summed E-state index contributed by atoms with van der Waals surface area (Å²) >= 11 is 5.98. The zero-order chi connectivity index (χ0) is 25.7. The van der Waals surface area contributed by atoms with Crippen molar-refractivity contribution in [3.05, 3.63) is 47.6 Å². The van der Waals surface area contributed by atoms with Gasteiger partial charge in [0.15, 0.2) is 6.10 Å². The number of nitrogens with zero attached hydrogens (tertiary/aromatic N) is 4. The molecule has 1 aliphatic heterocycles. The molecule has 36 heavy (non-hydrogen) atoms. The van der Waals surface area contributed by atoms with E-state index < -0.39 is 36.9 Å². The second-order valence-corrected chi connectivity index (χ2v) is 8.00. The van der Waals surface area contributed by atoms with Crippen molar-refractivity contribution in [2.45, 2.75) is 37.9 Å². The summed E-state index contributed by atoms with van der Waals surface area (Å²) < 4.78 is 28.5. The van der Waals surface area contributed by atoms with Crippen molar-refractivity contribution < 1.29 is 33.3 Å². The number of ether oxygens (including phenoxy) is 5. The van der Waals surface area contributed by atoms with Crippen LogP contribution in [0.2, 0.25) is 5.28 Å². The van der Waals surface area contributed by atoms with Gasteiger partial charge in [-0.05, 0) is 30.7 Å². The fourth-order valence-electron chi connectivity index (χ4n) is 3.71. The van der Waals surface area contributed by atoms with Gasteiger partial charge in [-0.3, -0.25) is 4.98 Å². The van der Waals surface area contributed by atoms with E-state index in [0.29, 0.717) is 16.6 Å². The number of aromatic nitrogens is 4. The summed E-state index contributed by atoms with van der Waals surface area (Å²) in [6, 6.07) is 5.13. The van der Waals surface area contributed by atoms with Crippen LogP contribution in [0, 0.1) is 12.3 Å². The third-order valence-corrected chi connectivity index (χ3v) is 5.56. The largest absolute Gasteiger partial charge is 0.508 e. The fraction of sp³-hybridized carbons (Fsp3) is 0.348. The van der Waals surface area contributed by atoms with Gasteiger partial charge in [0.1, 0.15) is 30.9 Å². The van der Waals surface area contributed by atoms with Gasteiger partial charge >= 0.3 is 12.3 Å². The number of terminal acetylenes is 1. The van der Waals surface area contributed by atoms with Crippen LogP contribution in [0.3, 0.4) is 0 Å². The lowest BCUT2D eigenvalue weighted by molar-refractivity contribution is -0.105. The monoisotopic (exact) mass is 515 g/mol. The maximum Gasteiger partial charge on any atom is 0.508 e. The maximum atomic E-state index is 12.3. The third-order valence-electron chi connectivity index (χ3n) is 5.40. The van der Waals surface area contributed by atoms with Gasteiger partial charge in [0.25, 0.3) is 0 Å². The zero-order valence-electron chi connectivity index (χ0n) is 19.1. The Labute approximate surface area is 210 Å². The van der Waals surface area contributed by atoms with Crippen molar-refractivity contribution in [2.24, 2.45) is 0 Å². The number of pyridine rings is 1. The molecule has 4 heterocycles. The number of nitrogen functional groups attached to an aromatic ring is 1. The van der Waals surface area contributed by atoms with Crippen LogP contribution >= 0.6 is 11.6 Å². The van der Waals surface area contributed by atoms with Crippen LogP contribution in [0.25, 0.3) is 11.0 Å². The molecule has 188 valence electrons. The number of hydrogen-bond acceptors (Lipinski definition) is 11. The summed E-state index contributed by atoms with van der Waals surface area (Å²) in [4.78, 5) is 36.5. The first kappa shape index (κ1) is 25.0. The Balaban J connectivity index is 1.54. The van der Waals surface area contributed by atoms with Gasteiger partial charge in [0.05, 0.1) is 12.0 Å². The highest BCUT2D eigenvalue weighted by Crippen LogP contribution is 2.41. The Kier molecular flexibility index (Phi) is 7.42. The van der Waals surface area contributed by atoms with Crippen LogP contribution in [-0.2, 0) is 30.3 Å². The predicted octanol–water partition coefficient (Wildman–Crippen LogP) is 3.25. The second kappa shape index (κ2) is 10.7. The molecule has 3 atom stereocenters. The molecule has 4 rings (SSSR count). The summed E-state index contributed by atoms with van der Waals surface area (Å²) in [6.45, 7) is 1.20. The van der Waals surface area contributed by atoms with Crippen molar-refractivity contribution in [1.82, 2.24) is 19.5 Å². The Morgan fingerprint density at radius 1 is 1.31 bits per heavy atom. The molecule has 0 bridgehead atoms. The number of halogens is 1. The number of nitrogens with two attached hydrogens (primary N) is 1. The van der Waals surface area contributed by atoms with Crippen molar-refractivity contribution in [1.29, 1.82) is 0 Å². The summed E-state index contributed by atoms with van der Waals surface area (Å²) in [5, 5.41) is 0.486. The van der Waals surface area contributed by atoms with E-state index in [0.717, 1.165) is 0 Å². The van der Waals surface area contributed by atoms with Crippen LogP contribution in [0.15, 0.2) is 36.8 Å². The van der Waals surface area contributed by atoms with Crippen molar-refractivity contribution in [3.8, 4) is 12.3 Å². The molecule has 1 saturated heterocycles. The quantitative estimate of drug-likeness (QED) is 0.280. The van der Waals surface area contributed by atoms with E-state index in [9.17, 15) is 9.59 Å². The molecule has 1 aliphatic rings. The van der Waals surface area contributed by atoms with Crippen molar-refractivity contribution in [3.63, 3.8) is 0 Å². The highest BCUT2D eigenvalue weighted by atomic mass is 35.5. The van der Waals surface area contributed by atoms with Gasteiger partial charge in [0.2, 0.25) is 10.9 Å². The Morgan fingerprint density at radius 2 is 2.14 bits per heavy atom. The molecule has 0 unspecified atom stereocenters. The predicted molar refractivity (Wildman–Crippen MR) is 126 cm³/mol. The van der Waals surface area contributed by atoms with Gasteiger partial charge in [0, 0.05) is 30.6 Å². The first-order valence-electron chi connectivity index (χ1n) is 10.8. The molecule has 1 fully saturated rings. The van der Waals surface area contributed by atoms with E-state index in [-0.39, 0.29) is 30.7 Å². The van der Waals surface area contributed by atoms with E-state index >= 15 is 0 Å². The highest BCUT2D eigenvalue weighted by Gasteiger charge is 2.52. The van der Waals surface area contributed by atoms with Gasteiger partial charge in [-0.1, -0.05) is 12.0 Å². The molecule has 0 spiro atoms. The minimum Gasteiger partial charge on any atom is -0.435 e. The first-order chi connectivity index (χ1) is 17.3. The third kappa shape index (κ3) is 5.27. The molecule has 0 aromatic carbocycles. The lowest BCUT2D eigenvalue weighted by atomic mass is 9.98. The van der Waals surface area contributed by atoms with Crippen molar-refractivity contribution >= 4 is 40.8 Å². The highest BCUT2D eigenvalue weighted by molar-refractivity contribution is 6.28. The molecular formula is C23H22ClN5O7. The average molecular weight is 516 g/mol. The minimum absolute atomic E-state index is 0.0554. The first-order valence-corrected chi connectivity index (χ1v) is 11.2. The summed E-state index contributed by atoms with van der Waals surface area (Å²) in [5.41, 5.74) is 5.35. The van der Waals surface area contributed by atoms with Crippen LogP contribution in [0.5, 0.6) is 0 Å². The van der Waals surface area contributed by atoms with Crippen LogP contribution in [0.4, 0.5) is 15.4 Å². The summed E-state index contributed by atoms with van der Waals surface area (Å²) in [5.74, 6) is 2.66. The van der Waals surface area contributed by atoms with E-state index in [1.807, 2.05) is 0 Å². The number of hydrogen-bond donors (Lipinski definition) is 1. The normalized spacial score (nSPS) is 21.0. The zero-order valence-corrected chi connectivity index (χ0v) is 19.9. The Hall–Kier alpha value is -4.08. The maximum absolute atomic E-state index is 12.3.